The zero-order chi connectivity index (χ0) is 7.90. The summed E-state index contributed by atoms with van der Waals surface area (Å²) in [6, 6.07) is 0. The van der Waals surface area contributed by atoms with Gasteiger partial charge in [-0.05, 0) is 19.3 Å². The lowest BCUT2D eigenvalue weighted by Crippen LogP contribution is -2.30. The van der Waals surface area contributed by atoms with Crippen LogP contribution in [0.5, 0.6) is 0 Å². The molecule has 1 saturated heterocycles. The predicted octanol–water partition coefficient (Wildman–Crippen LogP) is 1.88. The molecule has 1 aliphatic carbocycles. The molecule has 2 atom stereocenters. The van der Waals surface area contributed by atoms with Gasteiger partial charge in [0.25, 0.3) is 0 Å². The van der Waals surface area contributed by atoms with Gasteiger partial charge in [0.05, 0.1) is 6.42 Å². The average molecular weight is 154 g/mol. The topological polar surface area (TPSA) is 26.3 Å². The molecule has 0 aromatic heterocycles. The van der Waals surface area contributed by atoms with E-state index in [4.69, 9.17) is 4.74 Å². The molecule has 1 saturated carbocycles. The van der Waals surface area contributed by atoms with Crippen molar-refractivity contribution in [2.75, 3.05) is 0 Å². The Kier molecular flexibility index (Phi) is 1.44. The summed E-state index contributed by atoms with van der Waals surface area (Å²) in [5, 5.41) is 0. The highest BCUT2D eigenvalue weighted by Crippen LogP contribution is 2.45. The highest BCUT2D eigenvalue weighted by molar-refractivity contribution is 5.73. The maximum atomic E-state index is 11.0. The lowest BCUT2D eigenvalue weighted by molar-refractivity contribution is -0.142. The smallest absolute Gasteiger partial charge is 0.306 e. The summed E-state index contributed by atoms with van der Waals surface area (Å²) in [4.78, 5) is 11.0. The molecule has 0 aromatic rings. The summed E-state index contributed by atoms with van der Waals surface area (Å²) < 4.78 is 5.23. The van der Waals surface area contributed by atoms with Gasteiger partial charge >= 0.3 is 5.97 Å². The van der Waals surface area contributed by atoms with Gasteiger partial charge in [-0.15, -0.1) is 0 Å². The van der Waals surface area contributed by atoms with Crippen molar-refractivity contribution in [3.05, 3.63) is 0 Å². The minimum atomic E-state index is 0.0133. The molecule has 0 unspecified atom stereocenters. The fourth-order valence-electron chi connectivity index (χ4n) is 2.30. The van der Waals surface area contributed by atoms with Crippen LogP contribution in [0, 0.1) is 5.41 Å². The Morgan fingerprint density at radius 2 is 2.36 bits per heavy atom. The molecule has 1 heterocycles. The summed E-state index contributed by atoms with van der Waals surface area (Å²) in [5.74, 6) is 0.0133. The molecule has 1 aliphatic heterocycles. The number of fused-ring (bicyclic) bond motifs is 1. The first-order valence-electron chi connectivity index (χ1n) is 4.40. The van der Waals surface area contributed by atoms with Gasteiger partial charge in [-0.3, -0.25) is 4.79 Å². The van der Waals surface area contributed by atoms with Crippen LogP contribution in [0.3, 0.4) is 0 Å². The van der Waals surface area contributed by atoms with E-state index in [1.54, 1.807) is 0 Å². The van der Waals surface area contributed by atoms with E-state index in [9.17, 15) is 4.79 Å². The zero-order valence-corrected chi connectivity index (χ0v) is 6.93. The number of hydrogen-bond acceptors (Lipinski definition) is 2. The van der Waals surface area contributed by atoms with Crippen LogP contribution >= 0.6 is 0 Å². The summed E-state index contributed by atoms with van der Waals surface area (Å²) in [7, 11) is 0. The van der Waals surface area contributed by atoms with Crippen molar-refractivity contribution in [2.45, 2.75) is 45.1 Å². The van der Waals surface area contributed by atoms with E-state index < -0.39 is 0 Å². The summed E-state index contributed by atoms with van der Waals surface area (Å²) in [6.07, 6.45) is 5.64. The third-order valence-electron chi connectivity index (χ3n) is 3.06. The van der Waals surface area contributed by atoms with Gasteiger partial charge in [0.1, 0.15) is 6.10 Å². The monoisotopic (exact) mass is 154 g/mol. The van der Waals surface area contributed by atoms with Crippen molar-refractivity contribution in [2.24, 2.45) is 5.41 Å². The van der Waals surface area contributed by atoms with Gasteiger partial charge in [0, 0.05) is 5.41 Å². The fraction of sp³-hybridized carbons (Fsp3) is 0.889. The van der Waals surface area contributed by atoms with Crippen LogP contribution in [0.4, 0.5) is 0 Å². The zero-order valence-electron chi connectivity index (χ0n) is 6.93. The molecule has 2 rings (SSSR count). The maximum absolute atomic E-state index is 11.0. The second-order valence-electron chi connectivity index (χ2n) is 4.06. The molecule has 0 N–H and O–H groups in total. The molecule has 2 nitrogen and oxygen atoms in total. The van der Waals surface area contributed by atoms with Crippen LogP contribution in [-0.4, -0.2) is 12.1 Å². The Morgan fingerprint density at radius 3 is 3.09 bits per heavy atom. The number of hydrogen-bond donors (Lipinski definition) is 0. The third kappa shape index (κ3) is 1.05. The van der Waals surface area contributed by atoms with Gasteiger partial charge in [-0.2, -0.15) is 0 Å². The maximum Gasteiger partial charge on any atom is 0.306 e. The lowest BCUT2D eigenvalue weighted by Gasteiger charge is -2.32. The number of esters is 1. The molecule has 0 radical (unpaired) electrons. The third-order valence-corrected chi connectivity index (χ3v) is 3.06. The SMILES string of the molecule is C[C@]12CCCC[C@H]1OC(=O)C2. The molecule has 2 fully saturated rings. The molecule has 11 heavy (non-hydrogen) atoms. The summed E-state index contributed by atoms with van der Waals surface area (Å²) in [5.41, 5.74) is 0.190. The average Bonchev–Trinajstić information content (AvgIpc) is 2.22. The Bertz CT molecular complexity index is 188. The molecule has 0 bridgehead atoms. The lowest BCUT2D eigenvalue weighted by atomic mass is 9.73. The molecule has 0 spiro atoms. The molecule has 2 heteroatoms. The molecule has 0 amide bonds. The molecule has 2 aliphatic rings. The summed E-state index contributed by atoms with van der Waals surface area (Å²) >= 11 is 0. The standard InChI is InChI=1S/C9H14O2/c1-9-5-3-2-4-7(9)11-8(10)6-9/h7H,2-6H2,1H3/t7-,9-/m1/s1. The van der Waals surface area contributed by atoms with Gasteiger partial charge in [-0.1, -0.05) is 13.3 Å². The van der Waals surface area contributed by atoms with Crippen molar-refractivity contribution >= 4 is 5.97 Å². The van der Waals surface area contributed by atoms with Crippen LogP contribution < -0.4 is 0 Å². The van der Waals surface area contributed by atoms with Crippen molar-refractivity contribution in [1.29, 1.82) is 0 Å². The minimum Gasteiger partial charge on any atom is -0.462 e. The van der Waals surface area contributed by atoms with E-state index in [1.807, 2.05) is 0 Å². The van der Waals surface area contributed by atoms with Gasteiger partial charge in [-0.25, -0.2) is 0 Å². The highest BCUT2D eigenvalue weighted by Gasteiger charge is 2.46. The van der Waals surface area contributed by atoms with E-state index in [-0.39, 0.29) is 17.5 Å². The number of carbonyl (C=O) groups is 1. The first-order chi connectivity index (χ1) is 5.21. The van der Waals surface area contributed by atoms with Crippen molar-refractivity contribution in [1.82, 2.24) is 0 Å². The van der Waals surface area contributed by atoms with E-state index in [1.165, 1.54) is 19.3 Å². The molecule has 62 valence electrons. The van der Waals surface area contributed by atoms with E-state index in [0.717, 1.165) is 6.42 Å². The molecule has 0 aromatic carbocycles. The largest absolute Gasteiger partial charge is 0.462 e. The first kappa shape index (κ1) is 7.14. The Hall–Kier alpha value is -0.530. The van der Waals surface area contributed by atoms with Crippen LogP contribution in [0.2, 0.25) is 0 Å². The highest BCUT2D eigenvalue weighted by atomic mass is 16.6. The quantitative estimate of drug-likeness (QED) is 0.498. The van der Waals surface area contributed by atoms with Crippen LogP contribution in [0.25, 0.3) is 0 Å². The van der Waals surface area contributed by atoms with Gasteiger partial charge in [0.2, 0.25) is 0 Å². The second kappa shape index (κ2) is 2.23. The van der Waals surface area contributed by atoms with E-state index >= 15 is 0 Å². The Morgan fingerprint density at radius 1 is 1.55 bits per heavy atom. The second-order valence-corrected chi connectivity index (χ2v) is 4.06. The first-order valence-corrected chi connectivity index (χ1v) is 4.40. The fourth-order valence-corrected chi connectivity index (χ4v) is 2.30. The van der Waals surface area contributed by atoms with E-state index in [2.05, 4.69) is 6.92 Å². The molecular weight excluding hydrogens is 140 g/mol. The van der Waals surface area contributed by atoms with Crippen molar-refractivity contribution in [3.8, 4) is 0 Å². The van der Waals surface area contributed by atoms with E-state index in [0.29, 0.717) is 6.42 Å². The predicted molar refractivity (Wildman–Crippen MR) is 41.1 cm³/mol. The Balaban J connectivity index is 2.17. The van der Waals surface area contributed by atoms with Crippen molar-refractivity contribution in [3.63, 3.8) is 0 Å². The van der Waals surface area contributed by atoms with Crippen LogP contribution in [0.15, 0.2) is 0 Å². The minimum absolute atomic E-state index is 0.0133. The number of carbonyl (C=O) groups excluding carboxylic acids is 1. The molecular formula is C9H14O2. The van der Waals surface area contributed by atoms with Crippen LogP contribution in [0.1, 0.15) is 39.0 Å². The number of ether oxygens (including phenoxy) is 1. The Labute approximate surface area is 66.9 Å². The van der Waals surface area contributed by atoms with Gasteiger partial charge in [0.15, 0.2) is 0 Å². The number of rotatable bonds is 0. The normalized spacial score (nSPS) is 43.4. The van der Waals surface area contributed by atoms with Gasteiger partial charge < -0.3 is 4.74 Å². The van der Waals surface area contributed by atoms with Crippen LogP contribution in [-0.2, 0) is 9.53 Å². The van der Waals surface area contributed by atoms with Crippen molar-refractivity contribution < 1.29 is 9.53 Å². The summed E-state index contributed by atoms with van der Waals surface area (Å²) in [6.45, 7) is 2.18.